The standard InChI is InChI=1S/C10H17N3/c1-13-8-3-9(12-13)10(6-7-11)4-2-5-10/h3,8H,2,4-7,11H2,1H3. The van der Waals surface area contributed by atoms with Crippen LogP contribution in [0, 0.1) is 0 Å². The molecule has 1 heterocycles. The van der Waals surface area contributed by atoms with Gasteiger partial charge in [0.15, 0.2) is 0 Å². The Hall–Kier alpha value is -0.830. The lowest BCUT2D eigenvalue weighted by atomic mass is 9.64. The molecule has 1 aromatic rings. The predicted octanol–water partition coefficient (Wildman–Crippen LogP) is 1.19. The fourth-order valence-electron chi connectivity index (χ4n) is 2.21. The molecule has 0 aliphatic heterocycles. The summed E-state index contributed by atoms with van der Waals surface area (Å²) >= 11 is 0. The molecule has 0 saturated heterocycles. The maximum absolute atomic E-state index is 5.63. The van der Waals surface area contributed by atoms with Crippen LogP contribution in [0.4, 0.5) is 0 Å². The summed E-state index contributed by atoms with van der Waals surface area (Å²) < 4.78 is 1.88. The van der Waals surface area contributed by atoms with Crippen LogP contribution in [-0.2, 0) is 12.5 Å². The lowest BCUT2D eigenvalue weighted by Gasteiger charge is -2.40. The summed E-state index contributed by atoms with van der Waals surface area (Å²) in [5.41, 5.74) is 7.21. The molecular weight excluding hydrogens is 162 g/mol. The van der Waals surface area contributed by atoms with Crippen molar-refractivity contribution in [2.24, 2.45) is 12.8 Å². The largest absolute Gasteiger partial charge is 0.330 e. The number of hydrogen-bond donors (Lipinski definition) is 1. The van der Waals surface area contributed by atoms with Crippen LogP contribution in [0.15, 0.2) is 12.3 Å². The van der Waals surface area contributed by atoms with Gasteiger partial charge in [0, 0.05) is 18.7 Å². The second-order valence-corrected chi connectivity index (χ2v) is 4.05. The summed E-state index contributed by atoms with van der Waals surface area (Å²) in [6.07, 6.45) is 6.97. The van der Waals surface area contributed by atoms with E-state index in [4.69, 9.17) is 5.73 Å². The first kappa shape index (κ1) is 8.75. The molecular formula is C10H17N3. The summed E-state index contributed by atoms with van der Waals surface area (Å²) in [6.45, 7) is 0.774. The summed E-state index contributed by atoms with van der Waals surface area (Å²) in [5.74, 6) is 0. The molecule has 2 N–H and O–H groups in total. The Morgan fingerprint density at radius 3 is 2.77 bits per heavy atom. The maximum Gasteiger partial charge on any atom is 0.0686 e. The third-order valence-corrected chi connectivity index (χ3v) is 3.19. The summed E-state index contributed by atoms with van der Waals surface area (Å²) in [5, 5.41) is 4.48. The van der Waals surface area contributed by atoms with Gasteiger partial charge in [0.1, 0.15) is 0 Å². The molecule has 3 nitrogen and oxygen atoms in total. The van der Waals surface area contributed by atoms with E-state index in [0.29, 0.717) is 5.41 Å². The van der Waals surface area contributed by atoms with E-state index in [9.17, 15) is 0 Å². The molecule has 72 valence electrons. The molecule has 0 amide bonds. The minimum Gasteiger partial charge on any atom is -0.330 e. The lowest BCUT2D eigenvalue weighted by Crippen LogP contribution is -2.36. The van der Waals surface area contributed by atoms with Gasteiger partial charge in [-0.25, -0.2) is 0 Å². The first-order chi connectivity index (χ1) is 6.27. The fraction of sp³-hybridized carbons (Fsp3) is 0.700. The van der Waals surface area contributed by atoms with E-state index < -0.39 is 0 Å². The average molecular weight is 179 g/mol. The average Bonchev–Trinajstić information content (AvgIpc) is 2.44. The topological polar surface area (TPSA) is 43.8 Å². The maximum atomic E-state index is 5.63. The first-order valence-corrected chi connectivity index (χ1v) is 4.97. The van der Waals surface area contributed by atoms with Crippen LogP contribution in [0.5, 0.6) is 0 Å². The van der Waals surface area contributed by atoms with Gasteiger partial charge in [-0.15, -0.1) is 0 Å². The zero-order valence-corrected chi connectivity index (χ0v) is 8.16. The normalized spacial score (nSPS) is 19.8. The molecule has 13 heavy (non-hydrogen) atoms. The Balaban J connectivity index is 2.21. The first-order valence-electron chi connectivity index (χ1n) is 4.97. The SMILES string of the molecule is Cn1ccc(C2(CCN)CCC2)n1. The van der Waals surface area contributed by atoms with Crippen molar-refractivity contribution in [1.29, 1.82) is 0 Å². The van der Waals surface area contributed by atoms with Gasteiger partial charge in [0.05, 0.1) is 5.69 Å². The molecule has 1 aromatic heterocycles. The van der Waals surface area contributed by atoms with E-state index in [2.05, 4.69) is 11.2 Å². The Morgan fingerprint density at radius 1 is 1.62 bits per heavy atom. The minimum absolute atomic E-state index is 0.329. The smallest absolute Gasteiger partial charge is 0.0686 e. The Morgan fingerprint density at radius 2 is 2.38 bits per heavy atom. The predicted molar refractivity (Wildman–Crippen MR) is 52.4 cm³/mol. The Labute approximate surface area is 78.9 Å². The highest BCUT2D eigenvalue weighted by Gasteiger charge is 2.39. The number of aryl methyl sites for hydroxylation is 1. The van der Waals surface area contributed by atoms with Crippen LogP contribution in [0.25, 0.3) is 0 Å². The molecule has 1 aliphatic carbocycles. The van der Waals surface area contributed by atoms with Gasteiger partial charge >= 0.3 is 0 Å². The van der Waals surface area contributed by atoms with Crippen LogP contribution in [0.1, 0.15) is 31.4 Å². The zero-order chi connectivity index (χ0) is 9.31. The third-order valence-electron chi connectivity index (χ3n) is 3.19. The lowest BCUT2D eigenvalue weighted by molar-refractivity contribution is 0.221. The van der Waals surface area contributed by atoms with Crippen LogP contribution in [0.2, 0.25) is 0 Å². The van der Waals surface area contributed by atoms with E-state index in [1.807, 2.05) is 17.9 Å². The van der Waals surface area contributed by atoms with E-state index in [1.54, 1.807) is 0 Å². The summed E-state index contributed by atoms with van der Waals surface area (Å²) in [7, 11) is 1.97. The minimum atomic E-state index is 0.329. The quantitative estimate of drug-likeness (QED) is 0.757. The zero-order valence-electron chi connectivity index (χ0n) is 8.16. The molecule has 0 atom stereocenters. The van der Waals surface area contributed by atoms with E-state index in [1.165, 1.54) is 25.0 Å². The molecule has 0 radical (unpaired) electrons. The third kappa shape index (κ3) is 1.37. The second kappa shape index (κ2) is 3.14. The number of nitrogens with zero attached hydrogens (tertiary/aromatic N) is 2. The molecule has 1 saturated carbocycles. The van der Waals surface area contributed by atoms with Gasteiger partial charge in [-0.3, -0.25) is 4.68 Å². The molecule has 0 spiro atoms. The van der Waals surface area contributed by atoms with Crippen LogP contribution in [0.3, 0.4) is 0 Å². The van der Waals surface area contributed by atoms with Gasteiger partial charge in [-0.2, -0.15) is 5.10 Å². The molecule has 3 heteroatoms. The molecule has 0 aromatic carbocycles. The van der Waals surface area contributed by atoms with Gasteiger partial charge in [-0.05, 0) is 31.9 Å². The highest BCUT2D eigenvalue weighted by molar-refractivity contribution is 5.19. The van der Waals surface area contributed by atoms with Gasteiger partial charge in [-0.1, -0.05) is 6.42 Å². The second-order valence-electron chi connectivity index (χ2n) is 4.05. The summed E-state index contributed by atoms with van der Waals surface area (Å²) in [6, 6.07) is 2.13. The Bertz CT molecular complexity index is 286. The molecule has 1 fully saturated rings. The highest BCUT2D eigenvalue weighted by atomic mass is 15.3. The molecule has 2 rings (SSSR count). The molecule has 0 bridgehead atoms. The van der Waals surface area contributed by atoms with Crippen molar-refractivity contribution < 1.29 is 0 Å². The van der Waals surface area contributed by atoms with Crippen molar-refractivity contribution in [1.82, 2.24) is 9.78 Å². The van der Waals surface area contributed by atoms with Crippen molar-refractivity contribution in [3.8, 4) is 0 Å². The van der Waals surface area contributed by atoms with Crippen LogP contribution in [-0.4, -0.2) is 16.3 Å². The summed E-state index contributed by atoms with van der Waals surface area (Å²) in [4.78, 5) is 0. The van der Waals surface area contributed by atoms with Crippen molar-refractivity contribution in [2.45, 2.75) is 31.1 Å². The fourth-order valence-corrected chi connectivity index (χ4v) is 2.21. The number of nitrogens with two attached hydrogens (primary N) is 1. The van der Waals surface area contributed by atoms with Gasteiger partial charge in [0.25, 0.3) is 0 Å². The monoisotopic (exact) mass is 179 g/mol. The van der Waals surface area contributed by atoms with Gasteiger partial charge < -0.3 is 5.73 Å². The van der Waals surface area contributed by atoms with Crippen LogP contribution < -0.4 is 5.73 Å². The van der Waals surface area contributed by atoms with Crippen molar-refractivity contribution in [2.75, 3.05) is 6.54 Å². The van der Waals surface area contributed by atoms with Gasteiger partial charge in [0.2, 0.25) is 0 Å². The number of aromatic nitrogens is 2. The Kier molecular flexibility index (Phi) is 2.12. The van der Waals surface area contributed by atoms with Crippen molar-refractivity contribution in [3.05, 3.63) is 18.0 Å². The van der Waals surface area contributed by atoms with Crippen molar-refractivity contribution >= 4 is 0 Å². The molecule has 0 unspecified atom stereocenters. The van der Waals surface area contributed by atoms with Crippen molar-refractivity contribution in [3.63, 3.8) is 0 Å². The number of rotatable bonds is 3. The number of hydrogen-bond acceptors (Lipinski definition) is 2. The van der Waals surface area contributed by atoms with Crippen LogP contribution >= 0.6 is 0 Å². The van der Waals surface area contributed by atoms with E-state index >= 15 is 0 Å². The highest BCUT2D eigenvalue weighted by Crippen LogP contribution is 2.45. The molecule has 1 aliphatic rings. The van der Waals surface area contributed by atoms with E-state index in [-0.39, 0.29) is 0 Å². The van der Waals surface area contributed by atoms with E-state index in [0.717, 1.165) is 13.0 Å².